The Morgan fingerprint density at radius 3 is 1.54 bits per heavy atom. The number of carbonyl (C=O) groups excluding carboxylic acids is 1. The van der Waals surface area contributed by atoms with Crippen molar-refractivity contribution in [3.8, 4) is 0 Å². The Morgan fingerprint density at radius 2 is 1.54 bits per heavy atom. The van der Waals surface area contributed by atoms with E-state index in [1.165, 1.54) is 6.92 Å². The van der Waals surface area contributed by atoms with Gasteiger partial charge >= 0.3 is 16.5 Å². The summed E-state index contributed by atoms with van der Waals surface area (Å²) in [6.45, 7) is 4.21. The number of Topliss-reactive ketones (excluding diaryl/α,β-unsaturated/α-hetero) is 1. The van der Waals surface area contributed by atoms with Crippen molar-refractivity contribution in [3.63, 3.8) is 0 Å². The van der Waals surface area contributed by atoms with Crippen molar-refractivity contribution in [1.29, 1.82) is 0 Å². The number of rotatable bonds is 3. The van der Waals surface area contributed by atoms with Crippen molar-refractivity contribution in [3.05, 3.63) is 12.3 Å². The summed E-state index contributed by atoms with van der Waals surface area (Å²) in [6, 6.07) is 0. The first kappa shape index (κ1) is 15.0. The van der Waals surface area contributed by atoms with Crippen molar-refractivity contribution in [2.24, 2.45) is 0 Å². The SMILES string of the molecule is C=C(O)C(C)=O.O=[PH](O)O[PH](=O)O. The molecule has 0 aliphatic carbocycles. The summed E-state index contributed by atoms with van der Waals surface area (Å²) in [7, 11) is -6.40. The molecule has 0 fully saturated rings. The van der Waals surface area contributed by atoms with E-state index < -0.39 is 16.5 Å². The fraction of sp³-hybridized carbons (Fsp3) is 0.250. The Hall–Kier alpha value is -0.450. The second-order valence-corrected chi connectivity index (χ2v) is 3.52. The van der Waals surface area contributed by atoms with Gasteiger partial charge in [-0.15, -0.1) is 0 Å². The molecule has 0 aromatic rings. The molecule has 0 saturated carbocycles. The molecule has 13 heavy (non-hydrogen) atoms. The summed E-state index contributed by atoms with van der Waals surface area (Å²) in [5.74, 6) is -0.759. The number of ketones is 1. The molecule has 3 N–H and O–H groups in total. The molecular weight excluding hydrogens is 222 g/mol. The lowest BCUT2D eigenvalue weighted by Crippen LogP contribution is -1.90. The van der Waals surface area contributed by atoms with Crippen LogP contribution in [0.4, 0.5) is 0 Å². The van der Waals surface area contributed by atoms with E-state index in [0.717, 1.165) is 0 Å². The molecule has 7 nitrogen and oxygen atoms in total. The minimum Gasteiger partial charge on any atom is -0.505 e. The molecular formula is C4H10O7P2. The third-order valence-electron chi connectivity index (χ3n) is 0.581. The summed E-state index contributed by atoms with van der Waals surface area (Å²) in [5, 5.41) is 8.09. The molecule has 0 heterocycles. The molecule has 0 rings (SSSR count). The molecule has 2 atom stereocenters. The van der Waals surface area contributed by atoms with Crippen LogP contribution in [0.1, 0.15) is 6.92 Å². The molecule has 0 aliphatic rings. The van der Waals surface area contributed by atoms with Crippen LogP contribution in [0.2, 0.25) is 0 Å². The maximum absolute atomic E-state index is 9.79. The Bertz CT molecular complexity index is 211. The van der Waals surface area contributed by atoms with Gasteiger partial charge in [-0.2, -0.15) is 0 Å². The van der Waals surface area contributed by atoms with E-state index in [4.69, 9.17) is 14.9 Å². The van der Waals surface area contributed by atoms with Gasteiger partial charge in [-0.25, -0.2) is 4.31 Å². The maximum Gasteiger partial charge on any atom is 0.323 e. The zero-order valence-corrected chi connectivity index (χ0v) is 8.68. The third-order valence-corrected chi connectivity index (χ3v) is 1.98. The molecule has 2 unspecified atom stereocenters. The molecule has 0 saturated heterocycles. The van der Waals surface area contributed by atoms with Crippen molar-refractivity contribution in [1.82, 2.24) is 0 Å². The number of carbonyl (C=O) groups is 1. The normalized spacial score (nSPS) is 13.5. The van der Waals surface area contributed by atoms with Gasteiger partial charge in [0.25, 0.3) is 0 Å². The van der Waals surface area contributed by atoms with E-state index >= 15 is 0 Å². The van der Waals surface area contributed by atoms with E-state index in [0.29, 0.717) is 0 Å². The standard InChI is InChI=1S/C4H6O2.H4O5P2/c1-3(5)4(2)6;1-6(2)5-7(3)4/h5H,1H2,2H3;6-7H,(H,1,2)(H,3,4). The van der Waals surface area contributed by atoms with Crippen LogP contribution in [0.5, 0.6) is 0 Å². The van der Waals surface area contributed by atoms with Gasteiger partial charge in [0.05, 0.1) is 0 Å². The van der Waals surface area contributed by atoms with Crippen LogP contribution >= 0.6 is 16.5 Å². The fourth-order valence-electron chi connectivity index (χ4n) is 0.0747. The fourth-order valence-corrected chi connectivity index (χ4v) is 0.672. The largest absolute Gasteiger partial charge is 0.505 e. The summed E-state index contributed by atoms with van der Waals surface area (Å²) in [5.41, 5.74) is 0. The zero-order valence-electron chi connectivity index (χ0n) is 6.68. The van der Waals surface area contributed by atoms with Crippen LogP contribution in [0.15, 0.2) is 12.3 Å². The topological polar surface area (TPSA) is 121 Å². The van der Waals surface area contributed by atoms with Gasteiger partial charge in [0, 0.05) is 6.92 Å². The quantitative estimate of drug-likeness (QED) is 0.366. The van der Waals surface area contributed by atoms with Gasteiger partial charge < -0.3 is 14.9 Å². The predicted molar refractivity (Wildman–Crippen MR) is 46.0 cm³/mol. The van der Waals surface area contributed by atoms with Crippen LogP contribution in [0.25, 0.3) is 0 Å². The highest BCUT2D eigenvalue weighted by molar-refractivity contribution is 7.46. The van der Waals surface area contributed by atoms with E-state index in [2.05, 4.69) is 10.9 Å². The molecule has 0 aliphatic heterocycles. The molecule has 0 aromatic carbocycles. The number of aliphatic hydroxyl groups is 1. The van der Waals surface area contributed by atoms with E-state index in [1.807, 2.05) is 0 Å². The van der Waals surface area contributed by atoms with Crippen molar-refractivity contribution >= 4 is 22.3 Å². The third kappa shape index (κ3) is 18.5. The minimum absolute atomic E-state index is 0.380. The Labute approximate surface area is 75.6 Å². The van der Waals surface area contributed by atoms with Crippen LogP contribution in [-0.2, 0) is 18.2 Å². The molecule has 0 spiro atoms. The zero-order chi connectivity index (χ0) is 11.0. The second-order valence-electron chi connectivity index (χ2n) is 1.64. The van der Waals surface area contributed by atoms with Crippen LogP contribution < -0.4 is 0 Å². The van der Waals surface area contributed by atoms with Crippen LogP contribution in [-0.4, -0.2) is 20.7 Å². The average molecular weight is 232 g/mol. The Morgan fingerprint density at radius 1 is 1.31 bits per heavy atom. The summed E-state index contributed by atoms with van der Waals surface area (Å²) in [6.07, 6.45) is 0. The predicted octanol–water partition coefficient (Wildman–Crippen LogP) is 0.414. The van der Waals surface area contributed by atoms with Crippen molar-refractivity contribution in [2.45, 2.75) is 6.92 Å². The lowest BCUT2D eigenvalue weighted by atomic mass is 10.4. The van der Waals surface area contributed by atoms with E-state index in [1.54, 1.807) is 0 Å². The second kappa shape index (κ2) is 8.16. The first-order chi connectivity index (χ1) is 5.77. The number of allylic oxidation sites excluding steroid dienone is 1. The summed E-state index contributed by atoms with van der Waals surface area (Å²) >= 11 is 0. The van der Waals surface area contributed by atoms with Gasteiger partial charge in [0.2, 0.25) is 0 Å². The molecule has 0 aromatic heterocycles. The van der Waals surface area contributed by atoms with Gasteiger partial charge in [-0.1, -0.05) is 6.58 Å². The number of aliphatic hydroxyl groups excluding tert-OH is 1. The summed E-state index contributed by atoms with van der Waals surface area (Å²) in [4.78, 5) is 25.2. The number of hydrogen-bond acceptors (Lipinski definition) is 5. The number of hydrogen-bond donors (Lipinski definition) is 3. The van der Waals surface area contributed by atoms with Crippen molar-refractivity contribution in [2.75, 3.05) is 0 Å². The highest BCUT2D eigenvalue weighted by atomic mass is 31.2. The monoisotopic (exact) mass is 232 g/mol. The first-order valence-corrected chi connectivity index (χ1v) is 5.32. The van der Waals surface area contributed by atoms with Crippen LogP contribution in [0.3, 0.4) is 0 Å². The van der Waals surface area contributed by atoms with Crippen molar-refractivity contribution < 1.29 is 33.1 Å². The molecule has 78 valence electrons. The van der Waals surface area contributed by atoms with Crippen LogP contribution in [0, 0.1) is 0 Å². The van der Waals surface area contributed by atoms with E-state index in [9.17, 15) is 13.9 Å². The first-order valence-electron chi connectivity index (χ1n) is 2.79. The van der Waals surface area contributed by atoms with Gasteiger partial charge in [-0.05, 0) is 0 Å². The maximum atomic E-state index is 9.79. The average Bonchev–Trinajstić information content (AvgIpc) is 1.84. The smallest absolute Gasteiger partial charge is 0.323 e. The lowest BCUT2D eigenvalue weighted by molar-refractivity contribution is -0.115. The van der Waals surface area contributed by atoms with Gasteiger partial charge in [-0.3, -0.25) is 13.9 Å². The molecule has 0 radical (unpaired) electrons. The highest BCUT2D eigenvalue weighted by Crippen LogP contribution is 2.30. The minimum atomic E-state index is -3.20. The van der Waals surface area contributed by atoms with Gasteiger partial charge in [0.15, 0.2) is 11.5 Å². The molecule has 0 amide bonds. The Kier molecular flexibility index (Phi) is 9.44. The summed E-state index contributed by atoms with van der Waals surface area (Å²) < 4.78 is 22.3. The van der Waals surface area contributed by atoms with E-state index in [-0.39, 0.29) is 11.5 Å². The Balaban J connectivity index is 0. The molecule has 9 heteroatoms. The lowest BCUT2D eigenvalue weighted by Gasteiger charge is -1.86. The highest BCUT2D eigenvalue weighted by Gasteiger charge is 1.93. The van der Waals surface area contributed by atoms with Gasteiger partial charge in [0.1, 0.15) is 0 Å². The molecule has 0 bridgehead atoms.